The maximum atomic E-state index is 12.2. The Morgan fingerprint density at radius 2 is 2.43 bits per heavy atom. The van der Waals surface area contributed by atoms with Gasteiger partial charge in [0, 0.05) is 26.1 Å². The number of rotatable bonds is 4. The molecule has 3 heterocycles. The molecule has 2 amide bonds. The number of hydrogen-bond acceptors (Lipinski definition) is 5. The van der Waals surface area contributed by atoms with Crippen LogP contribution in [0.3, 0.4) is 0 Å². The van der Waals surface area contributed by atoms with Gasteiger partial charge in [0.25, 0.3) is 0 Å². The molecule has 2 aliphatic rings. The quantitative estimate of drug-likeness (QED) is 0.783. The first kappa shape index (κ1) is 14.0. The van der Waals surface area contributed by atoms with Crippen LogP contribution in [0.1, 0.15) is 19.3 Å². The number of nitrogens with zero attached hydrogens (tertiary/aromatic N) is 4. The second-order valence-corrected chi connectivity index (χ2v) is 5.41. The van der Waals surface area contributed by atoms with Gasteiger partial charge in [0.1, 0.15) is 19.3 Å². The smallest absolute Gasteiger partial charge is 0.246 e. The Kier molecular flexibility index (Phi) is 4.14. The van der Waals surface area contributed by atoms with E-state index in [-0.39, 0.29) is 30.6 Å². The summed E-state index contributed by atoms with van der Waals surface area (Å²) in [5.74, 6) is 0.0186. The summed E-state index contributed by atoms with van der Waals surface area (Å²) >= 11 is 0. The fourth-order valence-electron chi connectivity index (χ4n) is 2.82. The maximum Gasteiger partial charge on any atom is 0.246 e. The fraction of sp³-hybridized carbons (Fsp3) is 0.692. The highest BCUT2D eigenvalue weighted by atomic mass is 16.5. The normalized spacial score (nSPS) is 25.3. The lowest BCUT2D eigenvalue weighted by atomic mass is 10.00. The fourth-order valence-corrected chi connectivity index (χ4v) is 2.82. The van der Waals surface area contributed by atoms with Crippen LogP contribution in [0.25, 0.3) is 0 Å². The number of carbonyl (C=O) groups is 2. The number of likely N-dealkylation sites (tertiary alicyclic amines) is 1. The molecule has 0 spiro atoms. The Morgan fingerprint density at radius 1 is 1.52 bits per heavy atom. The van der Waals surface area contributed by atoms with E-state index >= 15 is 0 Å². The summed E-state index contributed by atoms with van der Waals surface area (Å²) in [4.78, 5) is 29.2. The molecule has 0 bridgehead atoms. The number of morpholine rings is 1. The van der Waals surface area contributed by atoms with Gasteiger partial charge in [-0.1, -0.05) is 0 Å². The summed E-state index contributed by atoms with van der Waals surface area (Å²) in [6.07, 6.45) is 5.16. The number of carbonyl (C=O) groups excluding carboxylic acids is 2. The highest BCUT2D eigenvalue weighted by Crippen LogP contribution is 2.18. The zero-order valence-corrected chi connectivity index (χ0v) is 11.8. The van der Waals surface area contributed by atoms with Crippen molar-refractivity contribution in [2.75, 3.05) is 19.7 Å². The largest absolute Gasteiger partial charge is 0.366 e. The molecule has 2 fully saturated rings. The monoisotopic (exact) mass is 293 g/mol. The van der Waals surface area contributed by atoms with E-state index in [1.807, 2.05) is 4.90 Å². The average Bonchev–Trinajstić information content (AvgIpc) is 2.99. The van der Waals surface area contributed by atoms with Crippen LogP contribution in [0, 0.1) is 0 Å². The zero-order chi connectivity index (χ0) is 14.7. The number of hydrogen-bond donors (Lipinski definition) is 1. The van der Waals surface area contributed by atoms with Gasteiger partial charge in [-0.2, -0.15) is 5.10 Å². The van der Waals surface area contributed by atoms with Gasteiger partial charge in [0.15, 0.2) is 0 Å². The Hall–Kier alpha value is -1.96. The van der Waals surface area contributed by atoms with Crippen LogP contribution >= 0.6 is 0 Å². The van der Waals surface area contributed by atoms with Crippen molar-refractivity contribution in [2.24, 2.45) is 0 Å². The molecule has 2 aliphatic heterocycles. The first-order valence-electron chi connectivity index (χ1n) is 7.23. The highest BCUT2D eigenvalue weighted by molar-refractivity contribution is 5.79. The van der Waals surface area contributed by atoms with Crippen LogP contribution in [0.2, 0.25) is 0 Å². The molecule has 8 heteroatoms. The SMILES string of the molecule is O=C1CO[C@@H]2CCN(C(=O)CCCn3cncn3)C[C@@H]2N1. The molecule has 1 aromatic heterocycles. The summed E-state index contributed by atoms with van der Waals surface area (Å²) in [7, 11) is 0. The minimum atomic E-state index is -0.100. The molecule has 2 saturated heterocycles. The molecule has 3 rings (SSSR count). The van der Waals surface area contributed by atoms with E-state index in [1.54, 1.807) is 11.0 Å². The second kappa shape index (κ2) is 6.21. The van der Waals surface area contributed by atoms with Gasteiger partial charge in [-0.05, 0) is 12.8 Å². The Labute approximate surface area is 122 Å². The van der Waals surface area contributed by atoms with E-state index in [0.717, 1.165) is 12.8 Å². The summed E-state index contributed by atoms with van der Waals surface area (Å²) in [5, 5.41) is 6.91. The third-order valence-electron chi connectivity index (χ3n) is 3.92. The van der Waals surface area contributed by atoms with Crippen LogP contribution in [0.4, 0.5) is 0 Å². The van der Waals surface area contributed by atoms with Crippen LogP contribution < -0.4 is 5.32 Å². The predicted molar refractivity (Wildman–Crippen MR) is 72.1 cm³/mol. The van der Waals surface area contributed by atoms with Crippen molar-refractivity contribution in [2.45, 2.75) is 38.0 Å². The van der Waals surface area contributed by atoms with Crippen molar-refractivity contribution in [3.8, 4) is 0 Å². The lowest BCUT2D eigenvalue weighted by molar-refractivity contribution is -0.146. The molecule has 0 aromatic carbocycles. The highest BCUT2D eigenvalue weighted by Gasteiger charge is 2.35. The number of aromatic nitrogens is 3. The molecule has 0 aliphatic carbocycles. The van der Waals surface area contributed by atoms with Crippen molar-refractivity contribution in [3.63, 3.8) is 0 Å². The molecule has 114 valence electrons. The van der Waals surface area contributed by atoms with Crippen molar-refractivity contribution in [1.82, 2.24) is 25.0 Å². The van der Waals surface area contributed by atoms with Crippen LogP contribution in [0.15, 0.2) is 12.7 Å². The molecule has 1 aromatic rings. The van der Waals surface area contributed by atoms with Gasteiger partial charge >= 0.3 is 0 Å². The van der Waals surface area contributed by atoms with Gasteiger partial charge < -0.3 is 15.0 Å². The third-order valence-corrected chi connectivity index (χ3v) is 3.92. The van der Waals surface area contributed by atoms with E-state index in [2.05, 4.69) is 15.4 Å². The van der Waals surface area contributed by atoms with Gasteiger partial charge in [-0.25, -0.2) is 4.98 Å². The Bertz CT molecular complexity index is 504. The Morgan fingerprint density at radius 3 is 3.24 bits per heavy atom. The van der Waals surface area contributed by atoms with Gasteiger partial charge in [-0.3, -0.25) is 14.3 Å². The molecule has 21 heavy (non-hydrogen) atoms. The van der Waals surface area contributed by atoms with E-state index in [1.165, 1.54) is 6.33 Å². The average molecular weight is 293 g/mol. The van der Waals surface area contributed by atoms with Crippen molar-refractivity contribution >= 4 is 11.8 Å². The van der Waals surface area contributed by atoms with E-state index < -0.39 is 0 Å². The van der Waals surface area contributed by atoms with Gasteiger partial charge in [0.05, 0.1) is 12.1 Å². The van der Waals surface area contributed by atoms with Crippen molar-refractivity contribution < 1.29 is 14.3 Å². The topological polar surface area (TPSA) is 89.4 Å². The number of amides is 2. The number of ether oxygens (including phenoxy) is 1. The van der Waals surface area contributed by atoms with Crippen LogP contribution in [-0.4, -0.2) is 63.3 Å². The van der Waals surface area contributed by atoms with Crippen LogP contribution in [0.5, 0.6) is 0 Å². The summed E-state index contributed by atoms with van der Waals surface area (Å²) in [5.41, 5.74) is 0. The lowest BCUT2D eigenvalue weighted by Gasteiger charge is -2.41. The molecule has 0 saturated carbocycles. The zero-order valence-electron chi connectivity index (χ0n) is 11.8. The van der Waals surface area contributed by atoms with E-state index in [9.17, 15) is 9.59 Å². The molecule has 8 nitrogen and oxygen atoms in total. The standard InChI is InChI=1S/C13H19N5O3/c19-12-7-21-11-3-5-17(6-10(11)16-12)13(20)2-1-4-18-9-14-8-15-18/h8-11H,1-7H2,(H,16,19)/t10-,11+/m0/s1. The first-order chi connectivity index (χ1) is 10.2. The molecule has 0 unspecified atom stereocenters. The molecule has 2 atom stereocenters. The number of aryl methyl sites for hydroxylation is 1. The lowest BCUT2D eigenvalue weighted by Crippen LogP contribution is -2.61. The van der Waals surface area contributed by atoms with E-state index in [0.29, 0.717) is 26.1 Å². The minimum absolute atomic E-state index is 0.0434. The van der Waals surface area contributed by atoms with Gasteiger partial charge in [0.2, 0.25) is 11.8 Å². The van der Waals surface area contributed by atoms with Crippen molar-refractivity contribution in [3.05, 3.63) is 12.7 Å². The summed E-state index contributed by atoms with van der Waals surface area (Å²) < 4.78 is 7.20. The molecule has 0 radical (unpaired) electrons. The number of fused-ring (bicyclic) bond motifs is 1. The predicted octanol–water partition coefficient (Wildman–Crippen LogP) is -0.826. The maximum absolute atomic E-state index is 12.2. The number of piperidine rings is 1. The number of nitrogens with one attached hydrogen (secondary N) is 1. The second-order valence-electron chi connectivity index (χ2n) is 5.41. The molecular formula is C13H19N5O3. The van der Waals surface area contributed by atoms with Crippen LogP contribution in [-0.2, 0) is 20.9 Å². The van der Waals surface area contributed by atoms with Gasteiger partial charge in [-0.15, -0.1) is 0 Å². The molecule has 1 N–H and O–H groups in total. The minimum Gasteiger partial charge on any atom is -0.366 e. The molecular weight excluding hydrogens is 274 g/mol. The third kappa shape index (κ3) is 3.38. The first-order valence-corrected chi connectivity index (χ1v) is 7.23. The van der Waals surface area contributed by atoms with Crippen molar-refractivity contribution in [1.29, 1.82) is 0 Å². The summed E-state index contributed by atoms with van der Waals surface area (Å²) in [6.45, 7) is 2.05. The Balaban J connectivity index is 1.45. The summed E-state index contributed by atoms with van der Waals surface area (Å²) in [6, 6.07) is -0.0701. The van der Waals surface area contributed by atoms with E-state index in [4.69, 9.17) is 4.74 Å².